The number of benzene rings is 2. The Balaban J connectivity index is 1.57. The Labute approximate surface area is 176 Å². The molecule has 2 heterocycles. The highest BCUT2D eigenvalue weighted by molar-refractivity contribution is 5.49. The number of anilines is 1. The second kappa shape index (κ2) is 9.23. The maximum atomic E-state index is 9.55. The Hall–Kier alpha value is -2.97. The SMILES string of the molecule is COCCn1nnnc1C(c1ccc(C)cc1)N1CCN(c2ccc(O)cc2)CC1. The van der Waals surface area contributed by atoms with Crippen molar-refractivity contribution < 1.29 is 9.84 Å². The Bertz CT molecular complexity index is 933. The minimum absolute atomic E-state index is 0.0144. The lowest BCUT2D eigenvalue weighted by atomic mass is 10.0. The van der Waals surface area contributed by atoms with Crippen molar-refractivity contribution in [2.75, 3.05) is 44.8 Å². The number of piperazine rings is 1. The summed E-state index contributed by atoms with van der Waals surface area (Å²) < 4.78 is 7.08. The third-order valence-corrected chi connectivity index (χ3v) is 5.60. The van der Waals surface area contributed by atoms with Crippen molar-refractivity contribution in [3.63, 3.8) is 0 Å². The summed E-state index contributed by atoms with van der Waals surface area (Å²) in [4.78, 5) is 4.78. The number of phenolic OH excluding ortho intramolecular Hbond substituents is 1. The molecule has 0 bridgehead atoms. The van der Waals surface area contributed by atoms with Gasteiger partial charge in [0, 0.05) is 39.0 Å². The van der Waals surface area contributed by atoms with Gasteiger partial charge in [0.2, 0.25) is 0 Å². The normalized spacial score (nSPS) is 16.0. The molecule has 1 atom stereocenters. The van der Waals surface area contributed by atoms with Crippen molar-refractivity contribution in [3.8, 4) is 5.75 Å². The van der Waals surface area contributed by atoms with Gasteiger partial charge in [-0.15, -0.1) is 5.10 Å². The predicted octanol–water partition coefficient (Wildman–Crippen LogP) is 2.25. The van der Waals surface area contributed by atoms with Gasteiger partial charge in [-0.05, 0) is 47.2 Å². The first kappa shape index (κ1) is 20.3. The molecule has 3 aromatic rings. The Kier molecular flexibility index (Phi) is 6.25. The fraction of sp³-hybridized carbons (Fsp3) is 0.409. The van der Waals surface area contributed by atoms with Crippen molar-refractivity contribution >= 4 is 5.69 Å². The zero-order valence-corrected chi connectivity index (χ0v) is 17.5. The molecule has 1 N–H and O–H groups in total. The number of aromatic hydroxyl groups is 1. The number of aromatic nitrogens is 4. The van der Waals surface area contributed by atoms with Crippen molar-refractivity contribution in [2.45, 2.75) is 19.5 Å². The Morgan fingerprint density at radius 1 is 1.00 bits per heavy atom. The van der Waals surface area contributed by atoms with Gasteiger partial charge in [-0.25, -0.2) is 4.68 Å². The average Bonchev–Trinajstić information content (AvgIpc) is 3.23. The van der Waals surface area contributed by atoms with Crippen LogP contribution in [0.15, 0.2) is 48.5 Å². The van der Waals surface area contributed by atoms with E-state index in [1.807, 2.05) is 16.8 Å². The minimum Gasteiger partial charge on any atom is -0.508 e. The summed E-state index contributed by atoms with van der Waals surface area (Å²) in [5.41, 5.74) is 3.55. The molecule has 8 heteroatoms. The second-order valence-electron chi connectivity index (χ2n) is 7.61. The van der Waals surface area contributed by atoms with Crippen LogP contribution >= 0.6 is 0 Å². The van der Waals surface area contributed by atoms with Crippen LogP contribution in [0.4, 0.5) is 5.69 Å². The lowest BCUT2D eigenvalue weighted by Crippen LogP contribution is -2.48. The third kappa shape index (κ3) is 4.44. The van der Waals surface area contributed by atoms with E-state index in [4.69, 9.17) is 4.74 Å². The van der Waals surface area contributed by atoms with Gasteiger partial charge in [-0.1, -0.05) is 29.8 Å². The number of phenols is 1. The number of hydrogen-bond acceptors (Lipinski definition) is 7. The van der Waals surface area contributed by atoms with Crippen LogP contribution in [0.2, 0.25) is 0 Å². The van der Waals surface area contributed by atoms with E-state index >= 15 is 0 Å². The summed E-state index contributed by atoms with van der Waals surface area (Å²) in [6.45, 7) is 6.84. The van der Waals surface area contributed by atoms with Crippen LogP contribution in [0, 0.1) is 6.92 Å². The molecule has 1 aliphatic rings. The number of rotatable bonds is 7. The van der Waals surface area contributed by atoms with Crippen LogP contribution in [0.25, 0.3) is 0 Å². The fourth-order valence-electron chi connectivity index (χ4n) is 3.92. The zero-order valence-electron chi connectivity index (χ0n) is 17.5. The highest BCUT2D eigenvalue weighted by Gasteiger charge is 2.30. The molecular formula is C22H28N6O2. The largest absolute Gasteiger partial charge is 0.508 e. The predicted molar refractivity (Wildman–Crippen MR) is 115 cm³/mol. The molecule has 1 aromatic heterocycles. The highest BCUT2D eigenvalue weighted by Crippen LogP contribution is 2.29. The van der Waals surface area contributed by atoms with Crippen LogP contribution in [-0.2, 0) is 11.3 Å². The van der Waals surface area contributed by atoms with E-state index in [1.165, 1.54) is 11.1 Å². The summed E-state index contributed by atoms with van der Waals surface area (Å²) in [5, 5.41) is 22.1. The van der Waals surface area contributed by atoms with E-state index in [9.17, 15) is 5.11 Å². The van der Waals surface area contributed by atoms with Crippen LogP contribution < -0.4 is 4.90 Å². The summed E-state index contributed by atoms with van der Waals surface area (Å²) in [6.07, 6.45) is 0. The lowest BCUT2D eigenvalue weighted by molar-refractivity contribution is 0.172. The fourth-order valence-corrected chi connectivity index (χ4v) is 3.92. The maximum Gasteiger partial charge on any atom is 0.173 e. The maximum absolute atomic E-state index is 9.55. The van der Waals surface area contributed by atoms with Crippen molar-refractivity contribution in [3.05, 3.63) is 65.5 Å². The molecule has 30 heavy (non-hydrogen) atoms. The number of hydrogen-bond donors (Lipinski definition) is 1. The minimum atomic E-state index is -0.0144. The first-order valence-electron chi connectivity index (χ1n) is 10.3. The number of tetrazole rings is 1. The van der Waals surface area contributed by atoms with Crippen LogP contribution in [0.3, 0.4) is 0 Å². The van der Waals surface area contributed by atoms with Crippen molar-refractivity contribution in [2.24, 2.45) is 0 Å². The van der Waals surface area contributed by atoms with Crippen LogP contribution in [0.1, 0.15) is 23.0 Å². The molecule has 0 spiro atoms. The molecule has 0 amide bonds. The van der Waals surface area contributed by atoms with E-state index in [0.29, 0.717) is 18.9 Å². The average molecular weight is 409 g/mol. The summed E-state index contributed by atoms with van der Waals surface area (Å²) in [5.74, 6) is 1.13. The smallest absolute Gasteiger partial charge is 0.173 e. The van der Waals surface area contributed by atoms with Gasteiger partial charge in [0.05, 0.1) is 19.2 Å². The van der Waals surface area contributed by atoms with Gasteiger partial charge < -0.3 is 14.7 Å². The van der Waals surface area contributed by atoms with E-state index < -0.39 is 0 Å². The molecule has 1 unspecified atom stereocenters. The van der Waals surface area contributed by atoms with Gasteiger partial charge in [-0.3, -0.25) is 4.90 Å². The van der Waals surface area contributed by atoms with Gasteiger partial charge in [0.15, 0.2) is 5.82 Å². The monoisotopic (exact) mass is 408 g/mol. The topological polar surface area (TPSA) is 79.5 Å². The first-order chi connectivity index (χ1) is 14.7. The summed E-state index contributed by atoms with van der Waals surface area (Å²) >= 11 is 0. The molecule has 1 aliphatic heterocycles. The Morgan fingerprint density at radius 2 is 1.70 bits per heavy atom. The van der Waals surface area contributed by atoms with Crippen LogP contribution in [0.5, 0.6) is 5.75 Å². The molecule has 8 nitrogen and oxygen atoms in total. The third-order valence-electron chi connectivity index (χ3n) is 5.60. The van der Waals surface area contributed by atoms with E-state index in [1.54, 1.807) is 19.2 Å². The van der Waals surface area contributed by atoms with Crippen LogP contribution in [-0.4, -0.2) is 70.1 Å². The standard InChI is InChI=1S/C22H28N6O2/c1-17-3-5-18(6-4-17)21(22-23-24-25-28(22)15-16-30-2)27-13-11-26(12-14-27)19-7-9-20(29)10-8-19/h3-10,21,29H,11-16H2,1-2H3. The Morgan fingerprint density at radius 3 is 2.37 bits per heavy atom. The van der Waals surface area contributed by atoms with Crippen molar-refractivity contribution in [1.82, 2.24) is 25.1 Å². The molecule has 4 rings (SSSR count). The number of methoxy groups -OCH3 is 1. The quantitative estimate of drug-likeness (QED) is 0.642. The van der Waals surface area contributed by atoms with E-state index in [2.05, 4.69) is 56.5 Å². The van der Waals surface area contributed by atoms with Gasteiger partial charge >= 0.3 is 0 Å². The molecule has 0 aliphatic carbocycles. The highest BCUT2D eigenvalue weighted by atomic mass is 16.5. The summed E-state index contributed by atoms with van der Waals surface area (Å²) in [6, 6.07) is 16.0. The molecule has 0 saturated carbocycles. The molecular weight excluding hydrogens is 380 g/mol. The van der Waals surface area contributed by atoms with Gasteiger partial charge in [-0.2, -0.15) is 0 Å². The second-order valence-corrected chi connectivity index (χ2v) is 7.61. The molecule has 2 aromatic carbocycles. The van der Waals surface area contributed by atoms with E-state index in [-0.39, 0.29) is 6.04 Å². The first-order valence-corrected chi connectivity index (χ1v) is 10.3. The molecule has 1 fully saturated rings. The zero-order chi connectivity index (χ0) is 20.9. The van der Waals surface area contributed by atoms with Crippen molar-refractivity contribution in [1.29, 1.82) is 0 Å². The molecule has 1 saturated heterocycles. The van der Waals surface area contributed by atoms with Gasteiger partial charge in [0.1, 0.15) is 5.75 Å². The molecule has 0 radical (unpaired) electrons. The molecule has 158 valence electrons. The lowest BCUT2D eigenvalue weighted by Gasteiger charge is -2.40. The summed E-state index contributed by atoms with van der Waals surface area (Å²) in [7, 11) is 1.68. The number of ether oxygens (including phenoxy) is 1. The van der Waals surface area contributed by atoms with Gasteiger partial charge in [0.25, 0.3) is 0 Å². The number of nitrogens with zero attached hydrogens (tertiary/aromatic N) is 6. The van der Waals surface area contributed by atoms with E-state index in [0.717, 1.165) is 37.7 Å². The number of aryl methyl sites for hydroxylation is 1.